The van der Waals surface area contributed by atoms with Gasteiger partial charge in [0.15, 0.2) is 0 Å². The predicted molar refractivity (Wildman–Crippen MR) is 123 cm³/mol. The maximum atomic E-state index is 6.30. The van der Waals surface area contributed by atoms with E-state index in [4.69, 9.17) is 32.7 Å². The number of nitrogens with one attached hydrogen (secondary N) is 1. The smallest absolute Gasteiger partial charge is 0.124 e. The van der Waals surface area contributed by atoms with Crippen molar-refractivity contribution in [3.8, 4) is 5.75 Å². The molecule has 1 saturated heterocycles. The lowest BCUT2D eigenvalue weighted by molar-refractivity contribution is 0.110. The second-order valence-corrected chi connectivity index (χ2v) is 7.90. The molecule has 1 N–H and O–H groups in total. The molecule has 0 amide bonds. The van der Waals surface area contributed by atoms with Crippen LogP contribution < -0.4 is 10.1 Å². The largest absolute Gasteiger partial charge is 0.488 e. The summed E-state index contributed by atoms with van der Waals surface area (Å²) in [7, 11) is 0. The van der Waals surface area contributed by atoms with E-state index >= 15 is 0 Å². The highest BCUT2D eigenvalue weighted by Crippen LogP contribution is 2.30. The highest BCUT2D eigenvalue weighted by Gasteiger charge is 2.16. The molecule has 1 atom stereocenters. The minimum atomic E-state index is 0. The summed E-state index contributed by atoms with van der Waals surface area (Å²) in [6.07, 6.45) is 2.59. The molecule has 0 spiro atoms. The first-order valence-corrected chi connectivity index (χ1v) is 10.4. The molecule has 1 aliphatic heterocycles. The molecule has 0 radical (unpaired) electrons. The minimum absolute atomic E-state index is 0. The summed E-state index contributed by atoms with van der Waals surface area (Å²) in [5.41, 5.74) is 2.07. The number of ether oxygens (including phenoxy) is 2. The Kier molecular flexibility index (Phi) is 8.05. The Labute approximate surface area is 187 Å². The molecule has 3 aromatic carbocycles. The van der Waals surface area contributed by atoms with Gasteiger partial charge in [0.2, 0.25) is 0 Å². The van der Waals surface area contributed by atoms with Crippen LogP contribution in [0.15, 0.2) is 54.6 Å². The minimum Gasteiger partial charge on any atom is -0.488 e. The summed E-state index contributed by atoms with van der Waals surface area (Å²) >= 11 is 12.3. The predicted octanol–water partition coefficient (Wildman–Crippen LogP) is 6.42. The van der Waals surface area contributed by atoms with E-state index < -0.39 is 0 Å². The lowest BCUT2D eigenvalue weighted by Crippen LogP contribution is -2.26. The molecule has 1 fully saturated rings. The Hall–Kier alpha value is -1.49. The normalized spacial score (nSPS) is 16.0. The van der Waals surface area contributed by atoms with E-state index in [1.807, 2.05) is 18.2 Å². The molecule has 1 unspecified atom stereocenters. The molecule has 0 aromatic heterocycles. The van der Waals surface area contributed by atoms with Crippen molar-refractivity contribution >= 4 is 46.4 Å². The lowest BCUT2D eigenvalue weighted by atomic mass is 10.0. The highest BCUT2D eigenvalue weighted by atomic mass is 35.5. The van der Waals surface area contributed by atoms with Gasteiger partial charge in [0, 0.05) is 40.9 Å². The maximum Gasteiger partial charge on any atom is 0.124 e. The van der Waals surface area contributed by atoms with Crippen molar-refractivity contribution < 1.29 is 9.47 Å². The fourth-order valence-corrected chi connectivity index (χ4v) is 4.05. The van der Waals surface area contributed by atoms with Crippen LogP contribution >= 0.6 is 35.6 Å². The molecule has 3 nitrogen and oxygen atoms in total. The van der Waals surface area contributed by atoms with E-state index in [2.05, 4.69) is 35.6 Å². The van der Waals surface area contributed by atoms with Gasteiger partial charge in [-0.3, -0.25) is 0 Å². The van der Waals surface area contributed by atoms with Crippen molar-refractivity contribution in [2.24, 2.45) is 0 Å². The molecule has 4 rings (SSSR count). The van der Waals surface area contributed by atoms with Gasteiger partial charge in [-0.2, -0.15) is 0 Å². The summed E-state index contributed by atoms with van der Waals surface area (Å²) in [4.78, 5) is 0. The Balaban J connectivity index is 0.00000240. The van der Waals surface area contributed by atoms with Crippen LogP contribution in [-0.4, -0.2) is 19.3 Å². The van der Waals surface area contributed by atoms with E-state index in [1.165, 1.54) is 10.8 Å². The Bertz CT molecular complexity index is 958. The molecule has 29 heavy (non-hydrogen) atoms. The van der Waals surface area contributed by atoms with Gasteiger partial charge in [0.1, 0.15) is 12.4 Å². The Morgan fingerprint density at radius 2 is 1.93 bits per heavy atom. The zero-order valence-electron chi connectivity index (χ0n) is 16.0. The van der Waals surface area contributed by atoms with Crippen molar-refractivity contribution in [3.05, 3.63) is 75.8 Å². The molecule has 6 heteroatoms. The monoisotopic (exact) mass is 451 g/mol. The summed E-state index contributed by atoms with van der Waals surface area (Å²) < 4.78 is 11.9. The van der Waals surface area contributed by atoms with E-state index in [9.17, 15) is 0 Å². The zero-order chi connectivity index (χ0) is 19.3. The topological polar surface area (TPSA) is 30.5 Å². The van der Waals surface area contributed by atoms with Gasteiger partial charge in [0.25, 0.3) is 0 Å². The van der Waals surface area contributed by atoms with Crippen LogP contribution in [0, 0.1) is 0 Å². The van der Waals surface area contributed by atoms with E-state index in [1.54, 1.807) is 6.07 Å². The second-order valence-electron chi connectivity index (χ2n) is 7.05. The number of halogens is 3. The number of fused-ring (bicyclic) bond motifs is 1. The number of benzene rings is 3. The highest BCUT2D eigenvalue weighted by molar-refractivity contribution is 6.35. The third-order valence-corrected chi connectivity index (χ3v) is 5.68. The van der Waals surface area contributed by atoms with Crippen molar-refractivity contribution in [2.45, 2.75) is 32.1 Å². The first-order valence-electron chi connectivity index (χ1n) is 9.60. The number of hydrogen-bond donors (Lipinski definition) is 1. The maximum absolute atomic E-state index is 6.30. The number of rotatable bonds is 7. The van der Waals surface area contributed by atoms with Crippen molar-refractivity contribution in [1.82, 2.24) is 5.32 Å². The van der Waals surface area contributed by atoms with Gasteiger partial charge < -0.3 is 14.8 Å². The van der Waals surface area contributed by atoms with Crippen LogP contribution in [-0.2, 0) is 17.9 Å². The summed E-state index contributed by atoms with van der Waals surface area (Å²) in [6.45, 7) is 2.85. The molecule has 3 aromatic rings. The van der Waals surface area contributed by atoms with Crippen LogP contribution in [0.5, 0.6) is 5.75 Å². The van der Waals surface area contributed by atoms with Crippen LogP contribution in [0.1, 0.15) is 24.0 Å². The van der Waals surface area contributed by atoms with Gasteiger partial charge in [-0.1, -0.05) is 59.6 Å². The third kappa shape index (κ3) is 5.56. The molecule has 0 aliphatic carbocycles. The average molecular weight is 453 g/mol. The lowest BCUT2D eigenvalue weighted by Gasteiger charge is -2.17. The quantitative estimate of drug-likeness (QED) is 0.449. The van der Waals surface area contributed by atoms with Crippen molar-refractivity contribution in [1.29, 1.82) is 0 Å². The Morgan fingerprint density at radius 3 is 2.72 bits per heavy atom. The first-order chi connectivity index (χ1) is 13.7. The molecule has 1 aliphatic rings. The molecular weight excluding hydrogens is 429 g/mol. The molecular formula is C23H24Cl3NO2. The SMILES string of the molecule is Cl.Clc1ccc(COc2ccc3ccccc3c2CNCC2CCCO2)c(Cl)c1. The van der Waals surface area contributed by atoms with Gasteiger partial charge in [-0.15, -0.1) is 12.4 Å². The van der Waals surface area contributed by atoms with E-state index in [-0.39, 0.29) is 12.4 Å². The van der Waals surface area contributed by atoms with Crippen LogP contribution in [0.2, 0.25) is 10.0 Å². The first kappa shape index (κ1) is 22.2. The van der Waals surface area contributed by atoms with Gasteiger partial charge in [-0.05, 0) is 41.8 Å². The standard InChI is InChI=1S/C23H23Cl2NO2.ClH/c24-18-9-7-17(22(25)12-18)15-28-23-10-8-16-4-1-2-6-20(16)21(23)14-26-13-19-5-3-11-27-19;/h1-2,4,6-10,12,19,26H,3,5,11,13-15H2;1H. The second kappa shape index (κ2) is 10.5. The van der Waals surface area contributed by atoms with E-state index in [0.29, 0.717) is 22.8 Å². The molecule has 154 valence electrons. The zero-order valence-corrected chi connectivity index (χ0v) is 18.3. The average Bonchev–Trinajstić information content (AvgIpc) is 3.21. The molecule has 0 saturated carbocycles. The van der Waals surface area contributed by atoms with Crippen molar-refractivity contribution in [3.63, 3.8) is 0 Å². The van der Waals surface area contributed by atoms with Gasteiger partial charge in [0.05, 0.1) is 6.10 Å². The fraction of sp³-hybridized carbons (Fsp3) is 0.304. The number of hydrogen-bond acceptors (Lipinski definition) is 3. The van der Waals surface area contributed by atoms with Crippen LogP contribution in [0.25, 0.3) is 10.8 Å². The Morgan fingerprint density at radius 1 is 1.07 bits per heavy atom. The summed E-state index contributed by atoms with van der Waals surface area (Å²) in [6, 6.07) is 18.0. The van der Waals surface area contributed by atoms with Crippen LogP contribution in [0.3, 0.4) is 0 Å². The van der Waals surface area contributed by atoms with Gasteiger partial charge >= 0.3 is 0 Å². The van der Waals surface area contributed by atoms with Crippen molar-refractivity contribution in [2.75, 3.05) is 13.2 Å². The van der Waals surface area contributed by atoms with Crippen LogP contribution in [0.4, 0.5) is 0 Å². The molecule has 1 heterocycles. The summed E-state index contributed by atoms with van der Waals surface area (Å²) in [5.74, 6) is 0.865. The van der Waals surface area contributed by atoms with Gasteiger partial charge in [-0.25, -0.2) is 0 Å². The molecule has 0 bridgehead atoms. The third-order valence-electron chi connectivity index (χ3n) is 5.09. The fourth-order valence-electron chi connectivity index (χ4n) is 3.59. The van der Waals surface area contributed by atoms with E-state index in [0.717, 1.165) is 49.4 Å². The summed E-state index contributed by atoms with van der Waals surface area (Å²) in [5, 5.41) is 7.18.